The fourth-order valence-corrected chi connectivity index (χ4v) is 3.17. The molecule has 0 aliphatic carbocycles. The Labute approximate surface area is 172 Å². The number of benzene rings is 1. The lowest BCUT2D eigenvalue weighted by molar-refractivity contribution is -0.118. The summed E-state index contributed by atoms with van der Waals surface area (Å²) < 4.78 is 26.6. The van der Waals surface area contributed by atoms with E-state index in [2.05, 4.69) is 10.3 Å². The summed E-state index contributed by atoms with van der Waals surface area (Å²) in [4.78, 5) is 50.3. The van der Waals surface area contributed by atoms with E-state index in [1.165, 1.54) is 30.3 Å². The minimum Gasteiger partial charge on any atom is -0.352 e. The summed E-state index contributed by atoms with van der Waals surface area (Å²) >= 11 is 0. The molecule has 1 aromatic carbocycles. The number of sulfonamides is 1. The highest BCUT2D eigenvalue weighted by molar-refractivity contribution is 7.90. The molecule has 0 spiro atoms. The van der Waals surface area contributed by atoms with Crippen LogP contribution in [0.1, 0.15) is 38.1 Å². The molecule has 1 heterocycles. The number of amides is 4. The minimum absolute atomic E-state index is 0.126. The molecular weight excluding hydrogens is 414 g/mol. The van der Waals surface area contributed by atoms with Crippen LogP contribution in [-0.4, -0.2) is 50.1 Å². The Morgan fingerprint density at radius 1 is 0.933 bits per heavy atom. The fourth-order valence-electron chi connectivity index (χ4n) is 2.19. The van der Waals surface area contributed by atoms with Gasteiger partial charge in [0.15, 0.2) is 0 Å². The Kier molecular flexibility index (Phi) is 7.33. The number of hydrogen-bond donors (Lipinski definition) is 4. The first-order valence-corrected chi connectivity index (χ1v) is 10.1. The van der Waals surface area contributed by atoms with Crippen LogP contribution in [-0.2, 0) is 14.8 Å². The van der Waals surface area contributed by atoms with E-state index in [4.69, 9.17) is 5.73 Å². The third-order valence-corrected chi connectivity index (χ3v) is 5.03. The van der Waals surface area contributed by atoms with Gasteiger partial charge in [-0.1, -0.05) is 0 Å². The molecule has 2 rings (SSSR count). The van der Waals surface area contributed by atoms with Gasteiger partial charge in [0.1, 0.15) is 5.69 Å². The number of carbonyl (C=O) groups is 4. The molecule has 0 saturated carbocycles. The first-order valence-electron chi connectivity index (χ1n) is 8.63. The third kappa shape index (κ3) is 5.68. The maximum atomic E-state index is 12.4. The average Bonchev–Trinajstić information content (AvgIpc) is 2.73. The topological polar surface area (TPSA) is 177 Å². The Bertz CT molecular complexity index is 1070. The smallest absolute Gasteiger partial charge is 0.276 e. The highest BCUT2D eigenvalue weighted by Crippen LogP contribution is 2.12. The van der Waals surface area contributed by atoms with Gasteiger partial charge in [0.25, 0.3) is 27.7 Å². The average molecular weight is 433 g/mol. The molecule has 5 N–H and O–H groups in total. The van der Waals surface area contributed by atoms with E-state index in [9.17, 15) is 27.6 Å². The lowest BCUT2D eigenvalue weighted by Gasteiger charge is -2.08. The molecule has 0 bridgehead atoms. The molecule has 0 atom stereocenters. The normalized spacial score (nSPS) is 10.7. The van der Waals surface area contributed by atoms with Crippen molar-refractivity contribution < 1.29 is 27.6 Å². The first kappa shape index (κ1) is 22.6. The van der Waals surface area contributed by atoms with Gasteiger partial charge in [0.05, 0.1) is 17.0 Å². The van der Waals surface area contributed by atoms with Crippen LogP contribution in [0.3, 0.4) is 0 Å². The van der Waals surface area contributed by atoms with E-state index < -0.39 is 27.7 Å². The number of nitrogens with two attached hydrogens (primary N) is 1. The molecule has 158 valence electrons. The third-order valence-electron chi connectivity index (χ3n) is 3.69. The summed E-state index contributed by atoms with van der Waals surface area (Å²) in [5.41, 5.74) is 5.08. The zero-order valence-electron chi connectivity index (χ0n) is 15.8. The molecule has 11 nitrogen and oxygen atoms in total. The zero-order valence-corrected chi connectivity index (χ0v) is 16.7. The van der Waals surface area contributed by atoms with E-state index in [1.807, 2.05) is 10.0 Å². The van der Waals surface area contributed by atoms with E-state index in [-0.39, 0.29) is 34.2 Å². The number of nitrogens with one attached hydrogen (secondary N) is 3. The molecular formula is C18H19N5O6S. The van der Waals surface area contributed by atoms with Gasteiger partial charge in [-0.15, -0.1) is 0 Å². The van der Waals surface area contributed by atoms with E-state index in [1.54, 1.807) is 6.92 Å². The van der Waals surface area contributed by atoms with Crippen molar-refractivity contribution in [3.63, 3.8) is 0 Å². The molecule has 0 unspecified atom stereocenters. The number of nitrogens with zero attached hydrogens (tertiary/aromatic N) is 1. The van der Waals surface area contributed by atoms with E-state index >= 15 is 0 Å². The van der Waals surface area contributed by atoms with E-state index in [0.29, 0.717) is 6.54 Å². The molecule has 0 fully saturated rings. The Morgan fingerprint density at radius 3 is 2.10 bits per heavy atom. The van der Waals surface area contributed by atoms with Crippen molar-refractivity contribution in [2.75, 3.05) is 13.1 Å². The predicted molar refractivity (Wildman–Crippen MR) is 105 cm³/mol. The summed E-state index contributed by atoms with van der Waals surface area (Å²) in [6, 6.07) is 7.36. The largest absolute Gasteiger partial charge is 0.352 e. The second-order valence-corrected chi connectivity index (χ2v) is 7.51. The van der Waals surface area contributed by atoms with Gasteiger partial charge >= 0.3 is 0 Å². The van der Waals surface area contributed by atoms with Crippen LogP contribution in [0.4, 0.5) is 0 Å². The van der Waals surface area contributed by atoms with Crippen molar-refractivity contribution >= 4 is 33.7 Å². The summed E-state index contributed by atoms with van der Waals surface area (Å²) in [7, 11) is -4.21. The van der Waals surface area contributed by atoms with Crippen molar-refractivity contribution in [2.24, 2.45) is 5.73 Å². The number of aromatic nitrogens is 1. The molecule has 2 aromatic rings. The quantitative estimate of drug-likeness (QED) is 0.437. The summed E-state index contributed by atoms with van der Waals surface area (Å²) in [5.74, 6) is -2.83. The number of carbonyl (C=O) groups excluding carboxylic acids is 4. The lowest BCUT2D eigenvalue weighted by Crippen LogP contribution is -2.36. The summed E-state index contributed by atoms with van der Waals surface area (Å²) in [6.45, 7) is 1.79. The highest BCUT2D eigenvalue weighted by atomic mass is 32.2. The zero-order chi connectivity index (χ0) is 22.3. The maximum Gasteiger partial charge on any atom is 0.276 e. The molecule has 1 aromatic heterocycles. The highest BCUT2D eigenvalue weighted by Gasteiger charge is 2.20. The van der Waals surface area contributed by atoms with Crippen molar-refractivity contribution in [2.45, 2.75) is 11.8 Å². The molecule has 0 aliphatic heterocycles. The molecule has 0 radical (unpaired) electrons. The number of imide groups is 1. The van der Waals surface area contributed by atoms with Crippen LogP contribution in [0, 0.1) is 0 Å². The maximum absolute atomic E-state index is 12.4. The molecule has 0 aliphatic rings. The van der Waals surface area contributed by atoms with Gasteiger partial charge in [-0.2, -0.15) is 0 Å². The summed E-state index contributed by atoms with van der Waals surface area (Å²) in [6.07, 6.45) is 0.991. The molecule has 30 heavy (non-hydrogen) atoms. The van der Waals surface area contributed by atoms with Gasteiger partial charge in [-0.05, 0) is 43.3 Å². The predicted octanol–water partition coefficient (Wildman–Crippen LogP) is -0.835. The van der Waals surface area contributed by atoms with Crippen LogP contribution in [0.5, 0.6) is 0 Å². The SMILES string of the molecule is CCNC(=O)c1ccc(S(=O)(=O)NC(=O)c2ccc(C(=O)NC(=O)CN)nc2)cc1. The number of pyridine rings is 1. The monoisotopic (exact) mass is 433 g/mol. The second-order valence-electron chi connectivity index (χ2n) is 5.83. The van der Waals surface area contributed by atoms with Crippen molar-refractivity contribution in [1.29, 1.82) is 0 Å². The van der Waals surface area contributed by atoms with Crippen molar-refractivity contribution in [3.8, 4) is 0 Å². The van der Waals surface area contributed by atoms with Gasteiger partial charge < -0.3 is 11.1 Å². The lowest BCUT2D eigenvalue weighted by atomic mass is 10.2. The molecule has 12 heteroatoms. The van der Waals surface area contributed by atoms with Gasteiger partial charge in [-0.3, -0.25) is 29.5 Å². The van der Waals surface area contributed by atoms with Crippen LogP contribution < -0.4 is 21.1 Å². The fraction of sp³-hybridized carbons (Fsp3) is 0.167. The van der Waals surface area contributed by atoms with Gasteiger partial charge in [-0.25, -0.2) is 13.1 Å². The van der Waals surface area contributed by atoms with Crippen molar-refractivity contribution in [1.82, 2.24) is 20.3 Å². The van der Waals surface area contributed by atoms with Crippen molar-refractivity contribution in [3.05, 3.63) is 59.4 Å². The van der Waals surface area contributed by atoms with Gasteiger partial charge in [0.2, 0.25) is 5.91 Å². The van der Waals surface area contributed by atoms with E-state index in [0.717, 1.165) is 12.3 Å². The molecule has 4 amide bonds. The Hall–Kier alpha value is -3.64. The van der Waals surface area contributed by atoms with Crippen LogP contribution >= 0.6 is 0 Å². The van der Waals surface area contributed by atoms with Gasteiger partial charge in [0, 0.05) is 18.3 Å². The van der Waals surface area contributed by atoms with Crippen LogP contribution in [0.15, 0.2) is 47.5 Å². The number of hydrogen-bond acceptors (Lipinski definition) is 8. The minimum atomic E-state index is -4.21. The first-order chi connectivity index (χ1) is 14.2. The van der Waals surface area contributed by atoms with Crippen LogP contribution in [0.2, 0.25) is 0 Å². The Balaban J connectivity index is 2.10. The second kappa shape index (κ2) is 9.71. The number of rotatable bonds is 7. The van der Waals surface area contributed by atoms with Crippen LogP contribution in [0.25, 0.3) is 0 Å². The standard InChI is InChI=1S/C18H19N5O6S/c1-2-20-16(25)11-3-6-13(7-4-11)30(28,29)23-17(26)12-5-8-14(21-10-12)18(27)22-15(24)9-19/h3-8,10H,2,9,19H2,1H3,(H,20,25)(H,23,26)(H,22,24,27). The molecule has 0 saturated heterocycles. The Morgan fingerprint density at radius 2 is 1.57 bits per heavy atom. The summed E-state index contributed by atoms with van der Waals surface area (Å²) in [5, 5.41) is 4.57.